The second-order valence-electron chi connectivity index (χ2n) is 5.90. The molecule has 16 heavy (non-hydrogen) atoms. The van der Waals surface area contributed by atoms with E-state index in [1.807, 2.05) is 4.90 Å². The highest BCUT2D eigenvalue weighted by molar-refractivity contribution is 5.47. The first-order valence-corrected chi connectivity index (χ1v) is 6.45. The summed E-state index contributed by atoms with van der Waals surface area (Å²) in [5.74, 6) is 0.831. The van der Waals surface area contributed by atoms with Crippen LogP contribution in [0, 0.1) is 5.92 Å². The first kappa shape index (κ1) is 13.5. The molecule has 1 amide bonds. The van der Waals surface area contributed by atoms with E-state index in [-0.39, 0.29) is 5.54 Å². The molecule has 3 heteroatoms. The van der Waals surface area contributed by atoms with Gasteiger partial charge >= 0.3 is 0 Å². The van der Waals surface area contributed by atoms with Crippen LogP contribution in [-0.2, 0) is 4.79 Å². The van der Waals surface area contributed by atoms with Gasteiger partial charge in [0.15, 0.2) is 0 Å². The van der Waals surface area contributed by atoms with Crippen molar-refractivity contribution < 1.29 is 4.79 Å². The van der Waals surface area contributed by atoms with Crippen LogP contribution < -0.4 is 5.32 Å². The summed E-state index contributed by atoms with van der Waals surface area (Å²) in [6.45, 7) is 9.64. The molecule has 1 aliphatic rings. The first-order valence-electron chi connectivity index (χ1n) is 6.45. The maximum atomic E-state index is 10.6. The standard InChI is InChI=1S/C13H26N2O/c1-13(2,3)14-8-4-5-12-6-9-15(11-16)10-7-12/h11-12,14H,4-10H2,1-3H3. The Labute approximate surface area is 99.6 Å². The molecule has 1 aliphatic heterocycles. The van der Waals surface area contributed by atoms with Gasteiger partial charge in [-0.3, -0.25) is 4.79 Å². The highest BCUT2D eigenvalue weighted by Gasteiger charge is 2.17. The van der Waals surface area contributed by atoms with Crippen molar-refractivity contribution in [2.75, 3.05) is 19.6 Å². The molecule has 0 aromatic carbocycles. The molecule has 1 saturated heterocycles. The van der Waals surface area contributed by atoms with Crippen LogP contribution in [0.5, 0.6) is 0 Å². The summed E-state index contributed by atoms with van der Waals surface area (Å²) < 4.78 is 0. The van der Waals surface area contributed by atoms with Crippen molar-refractivity contribution in [2.45, 2.75) is 52.0 Å². The van der Waals surface area contributed by atoms with Crippen molar-refractivity contribution in [3.8, 4) is 0 Å². The quantitative estimate of drug-likeness (QED) is 0.574. The Hall–Kier alpha value is -0.570. The minimum atomic E-state index is 0.237. The van der Waals surface area contributed by atoms with Gasteiger partial charge in [-0.1, -0.05) is 0 Å². The smallest absolute Gasteiger partial charge is 0.209 e. The lowest BCUT2D eigenvalue weighted by Crippen LogP contribution is -2.37. The minimum absolute atomic E-state index is 0.237. The van der Waals surface area contributed by atoms with Crippen LogP contribution in [0.15, 0.2) is 0 Å². The van der Waals surface area contributed by atoms with Gasteiger partial charge in [-0.15, -0.1) is 0 Å². The van der Waals surface area contributed by atoms with E-state index in [2.05, 4.69) is 26.1 Å². The van der Waals surface area contributed by atoms with E-state index in [0.717, 1.165) is 32.0 Å². The third kappa shape index (κ3) is 5.50. The number of amides is 1. The molecule has 0 aliphatic carbocycles. The lowest BCUT2D eigenvalue weighted by molar-refractivity contribution is -0.119. The molecule has 0 saturated carbocycles. The van der Waals surface area contributed by atoms with Crippen molar-refractivity contribution in [3.05, 3.63) is 0 Å². The summed E-state index contributed by atoms with van der Waals surface area (Å²) in [6, 6.07) is 0. The highest BCUT2D eigenvalue weighted by atomic mass is 16.1. The normalized spacial score (nSPS) is 18.8. The topological polar surface area (TPSA) is 32.3 Å². The second kappa shape index (κ2) is 6.24. The van der Waals surface area contributed by atoms with Gasteiger partial charge in [0.2, 0.25) is 6.41 Å². The number of carbonyl (C=O) groups is 1. The van der Waals surface area contributed by atoms with Crippen molar-refractivity contribution >= 4 is 6.41 Å². The first-order chi connectivity index (χ1) is 7.51. The van der Waals surface area contributed by atoms with Gasteiger partial charge in [0.1, 0.15) is 0 Å². The molecule has 1 N–H and O–H groups in total. The van der Waals surface area contributed by atoms with Crippen molar-refractivity contribution in [2.24, 2.45) is 5.92 Å². The monoisotopic (exact) mass is 226 g/mol. The largest absolute Gasteiger partial charge is 0.345 e. The van der Waals surface area contributed by atoms with Gasteiger partial charge in [0.25, 0.3) is 0 Å². The molecule has 94 valence electrons. The lowest BCUT2D eigenvalue weighted by Gasteiger charge is -2.29. The number of likely N-dealkylation sites (tertiary alicyclic amines) is 1. The van der Waals surface area contributed by atoms with E-state index in [1.165, 1.54) is 25.7 Å². The zero-order valence-corrected chi connectivity index (χ0v) is 11.0. The van der Waals surface area contributed by atoms with E-state index < -0.39 is 0 Å². The van der Waals surface area contributed by atoms with Crippen molar-refractivity contribution in [1.29, 1.82) is 0 Å². The molecule has 0 spiro atoms. The molecule has 1 rings (SSSR count). The Bertz CT molecular complexity index is 202. The summed E-state index contributed by atoms with van der Waals surface area (Å²) in [4.78, 5) is 12.4. The van der Waals surface area contributed by atoms with Crippen LogP contribution in [0.4, 0.5) is 0 Å². The predicted molar refractivity (Wildman–Crippen MR) is 67.4 cm³/mol. The van der Waals surface area contributed by atoms with Gasteiger partial charge in [-0.05, 0) is 58.9 Å². The maximum Gasteiger partial charge on any atom is 0.209 e. The Balaban J connectivity index is 2.04. The van der Waals surface area contributed by atoms with Crippen molar-refractivity contribution in [3.63, 3.8) is 0 Å². The zero-order valence-electron chi connectivity index (χ0n) is 11.0. The van der Waals surface area contributed by atoms with Gasteiger partial charge in [-0.2, -0.15) is 0 Å². The van der Waals surface area contributed by atoms with E-state index in [0.29, 0.717) is 0 Å². The van der Waals surface area contributed by atoms with Crippen LogP contribution in [0.2, 0.25) is 0 Å². The molecule has 0 atom stereocenters. The van der Waals surface area contributed by atoms with Crippen molar-refractivity contribution in [1.82, 2.24) is 10.2 Å². The molecule has 0 aromatic heterocycles. The second-order valence-corrected chi connectivity index (χ2v) is 5.90. The average molecular weight is 226 g/mol. The van der Waals surface area contributed by atoms with E-state index in [9.17, 15) is 4.79 Å². The van der Waals surface area contributed by atoms with Gasteiger partial charge in [0, 0.05) is 18.6 Å². The minimum Gasteiger partial charge on any atom is -0.345 e. The summed E-state index contributed by atoms with van der Waals surface area (Å²) in [5.41, 5.74) is 0.237. The fourth-order valence-corrected chi connectivity index (χ4v) is 2.20. The Morgan fingerprint density at radius 2 is 1.94 bits per heavy atom. The summed E-state index contributed by atoms with van der Waals surface area (Å²) in [7, 11) is 0. The molecule has 1 fully saturated rings. The molecule has 3 nitrogen and oxygen atoms in total. The Kier molecular flexibility index (Phi) is 5.26. The predicted octanol–water partition coefficient (Wildman–Crippen LogP) is 2.02. The van der Waals surface area contributed by atoms with Gasteiger partial charge in [0.05, 0.1) is 0 Å². The number of hydrogen-bond acceptors (Lipinski definition) is 2. The molecule has 1 heterocycles. The van der Waals surface area contributed by atoms with E-state index in [4.69, 9.17) is 0 Å². The summed E-state index contributed by atoms with van der Waals surface area (Å²) >= 11 is 0. The Morgan fingerprint density at radius 3 is 2.44 bits per heavy atom. The number of rotatable bonds is 5. The molecule has 0 unspecified atom stereocenters. The SMILES string of the molecule is CC(C)(C)NCCCC1CCN(C=O)CC1. The summed E-state index contributed by atoms with van der Waals surface area (Å²) in [5, 5.41) is 3.51. The van der Waals surface area contributed by atoms with Gasteiger partial charge < -0.3 is 10.2 Å². The Morgan fingerprint density at radius 1 is 1.31 bits per heavy atom. The van der Waals surface area contributed by atoms with Crippen LogP contribution in [0.25, 0.3) is 0 Å². The number of hydrogen-bond donors (Lipinski definition) is 1. The van der Waals surface area contributed by atoms with Crippen LogP contribution in [-0.4, -0.2) is 36.5 Å². The average Bonchev–Trinajstić information content (AvgIpc) is 2.24. The number of nitrogens with one attached hydrogen (secondary N) is 1. The molecule has 0 aromatic rings. The third-order valence-electron chi connectivity index (χ3n) is 3.24. The van der Waals surface area contributed by atoms with Crippen LogP contribution >= 0.6 is 0 Å². The lowest BCUT2D eigenvalue weighted by atomic mass is 9.92. The number of carbonyl (C=O) groups excluding carboxylic acids is 1. The maximum absolute atomic E-state index is 10.6. The highest BCUT2D eigenvalue weighted by Crippen LogP contribution is 2.20. The van der Waals surface area contributed by atoms with E-state index in [1.54, 1.807) is 0 Å². The fourth-order valence-electron chi connectivity index (χ4n) is 2.20. The fraction of sp³-hybridized carbons (Fsp3) is 0.923. The third-order valence-corrected chi connectivity index (χ3v) is 3.24. The zero-order chi connectivity index (χ0) is 12.0. The number of nitrogens with zero attached hydrogens (tertiary/aromatic N) is 1. The summed E-state index contributed by atoms with van der Waals surface area (Å²) in [6.07, 6.45) is 5.92. The molecular weight excluding hydrogens is 200 g/mol. The van der Waals surface area contributed by atoms with Gasteiger partial charge in [-0.25, -0.2) is 0 Å². The van der Waals surface area contributed by atoms with Crippen LogP contribution in [0.3, 0.4) is 0 Å². The van der Waals surface area contributed by atoms with Crippen LogP contribution in [0.1, 0.15) is 46.5 Å². The molecular formula is C13H26N2O. The number of piperidine rings is 1. The molecule has 0 bridgehead atoms. The molecule has 0 radical (unpaired) electrons. The van der Waals surface area contributed by atoms with E-state index >= 15 is 0 Å².